The first-order valence-corrected chi connectivity index (χ1v) is 9.76. The lowest BCUT2D eigenvalue weighted by molar-refractivity contribution is 0.805. The fourth-order valence-corrected chi connectivity index (χ4v) is 8.05. The predicted molar refractivity (Wildman–Crippen MR) is 91.5 cm³/mol. The highest BCUT2D eigenvalue weighted by molar-refractivity contribution is 8.02. The number of hydrogen-bond donors (Lipinski definition) is 0. The summed E-state index contributed by atoms with van der Waals surface area (Å²) in [4.78, 5) is 0. The quantitative estimate of drug-likeness (QED) is 0.778. The zero-order valence-electron chi connectivity index (χ0n) is 12.0. The molecule has 0 unspecified atom stereocenters. The molecule has 2 aromatic carbocycles. The minimum Gasteiger partial charge on any atom is -0.159 e. The second-order valence-corrected chi connectivity index (χ2v) is 11.1. The number of hydrogen-bond acceptors (Lipinski definition) is 1. The molecule has 0 aliphatic rings. The molecule has 0 saturated carbocycles. The monoisotopic (exact) mass is 286 g/mol. The summed E-state index contributed by atoms with van der Waals surface area (Å²) in [6.07, 6.45) is 0. The minimum atomic E-state index is -1.09. The Kier molecular flexibility index (Phi) is 4.89. The lowest BCUT2D eigenvalue weighted by Crippen LogP contribution is -2.45. The van der Waals surface area contributed by atoms with Crippen molar-refractivity contribution in [2.45, 2.75) is 25.5 Å². The van der Waals surface area contributed by atoms with Gasteiger partial charge in [-0.3, -0.25) is 0 Å². The molecule has 0 spiro atoms. The summed E-state index contributed by atoms with van der Waals surface area (Å²) in [6.45, 7) is 6.91. The van der Waals surface area contributed by atoms with E-state index in [0.717, 1.165) is 0 Å². The number of benzene rings is 2. The van der Waals surface area contributed by atoms with Crippen molar-refractivity contribution in [3.63, 3.8) is 0 Å². The molecule has 0 N–H and O–H groups in total. The van der Waals surface area contributed by atoms with Gasteiger partial charge in [0.15, 0.2) is 0 Å². The normalized spacial score (nSPS) is 11.8. The van der Waals surface area contributed by atoms with Gasteiger partial charge in [0, 0.05) is 4.75 Å². The van der Waals surface area contributed by atoms with E-state index in [0.29, 0.717) is 4.75 Å². The Morgan fingerprint density at radius 2 is 1.21 bits per heavy atom. The molecule has 0 fully saturated rings. The highest BCUT2D eigenvalue weighted by Gasteiger charge is 2.20. The van der Waals surface area contributed by atoms with Gasteiger partial charge in [-0.2, -0.15) is 11.8 Å². The van der Waals surface area contributed by atoms with E-state index in [-0.39, 0.29) is 0 Å². The summed E-state index contributed by atoms with van der Waals surface area (Å²) in [5, 5.41) is 4.35. The van der Waals surface area contributed by atoms with Crippen LogP contribution < -0.4 is 10.4 Å². The van der Waals surface area contributed by atoms with Crippen LogP contribution in [-0.2, 0) is 0 Å². The number of thioether (sulfide) groups is 1. The maximum atomic E-state index is 2.30. The Morgan fingerprint density at radius 1 is 0.789 bits per heavy atom. The van der Waals surface area contributed by atoms with Crippen molar-refractivity contribution in [2.24, 2.45) is 0 Å². The van der Waals surface area contributed by atoms with Crippen molar-refractivity contribution in [3.8, 4) is 0 Å². The van der Waals surface area contributed by atoms with Gasteiger partial charge < -0.3 is 0 Å². The molecule has 0 heterocycles. The van der Waals surface area contributed by atoms with Crippen LogP contribution in [0.5, 0.6) is 0 Å². The minimum absolute atomic E-state index is 0.342. The molecule has 0 amide bonds. The molecule has 2 rings (SSSR count). The molecular formula is C17H22SSi. The van der Waals surface area contributed by atoms with Crippen LogP contribution in [-0.4, -0.2) is 18.9 Å². The van der Waals surface area contributed by atoms with E-state index in [1.54, 1.807) is 10.4 Å². The van der Waals surface area contributed by atoms with Crippen LogP contribution in [0.25, 0.3) is 0 Å². The lowest BCUT2D eigenvalue weighted by Gasteiger charge is -2.22. The van der Waals surface area contributed by atoms with Crippen molar-refractivity contribution < 1.29 is 0 Å². The van der Waals surface area contributed by atoms with E-state index >= 15 is 0 Å². The third-order valence-electron chi connectivity index (χ3n) is 3.09. The van der Waals surface area contributed by atoms with Gasteiger partial charge in [-0.25, -0.2) is 0 Å². The highest BCUT2D eigenvalue weighted by Crippen LogP contribution is 2.23. The fraction of sp³-hybridized carbons (Fsp3) is 0.294. The summed E-state index contributed by atoms with van der Waals surface area (Å²) in [5.41, 5.74) is 0. The molecule has 0 aliphatic heterocycles. The Labute approximate surface area is 122 Å². The summed E-state index contributed by atoms with van der Waals surface area (Å²) in [6, 6.07) is 22.1. The maximum Gasteiger partial charge on any atom is 0.112 e. The second-order valence-electron chi connectivity index (χ2n) is 5.80. The zero-order chi connectivity index (χ0) is 13.7. The standard InChI is InChI=1S/C17H22SSi/c1-17(2,3)18-14-19(15-10-6-4-7-11-15)16-12-8-5-9-13-16/h4-13,19H,14H2,1-3H3. The van der Waals surface area contributed by atoms with Gasteiger partial charge in [0.2, 0.25) is 0 Å². The van der Waals surface area contributed by atoms with Crippen molar-refractivity contribution in [1.29, 1.82) is 0 Å². The summed E-state index contributed by atoms with van der Waals surface area (Å²) in [7, 11) is -1.09. The third kappa shape index (κ3) is 4.55. The molecule has 2 heteroatoms. The first kappa shape index (κ1) is 14.4. The Hall–Kier alpha value is -0.993. The van der Waals surface area contributed by atoms with E-state index in [2.05, 4.69) is 93.2 Å². The predicted octanol–water partition coefficient (Wildman–Crippen LogP) is 3.10. The van der Waals surface area contributed by atoms with Crippen LogP contribution in [0.15, 0.2) is 60.7 Å². The van der Waals surface area contributed by atoms with Crippen LogP contribution >= 0.6 is 11.8 Å². The molecule has 19 heavy (non-hydrogen) atoms. The molecule has 100 valence electrons. The Morgan fingerprint density at radius 3 is 1.58 bits per heavy atom. The largest absolute Gasteiger partial charge is 0.159 e. The molecular weight excluding hydrogens is 264 g/mol. The van der Waals surface area contributed by atoms with Crippen LogP contribution in [0.3, 0.4) is 0 Å². The van der Waals surface area contributed by atoms with Crippen molar-refractivity contribution in [3.05, 3.63) is 60.7 Å². The fourth-order valence-electron chi connectivity index (χ4n) is 2.09. The Balaban J connectivity index is 2.24. The second kappa shape index (κ2) is 6.44. The van der Waals surface area contributed by atoms with E-state index < -0.39 is 8.80 Å². The van der Waals surface area contributed by atoms with Gasteiger partial charge in [-0.15, -0.1) is 0 Å². The first-order valence-electron chi connectivity index (χ1n) is 6.80. The zero-order valence-corrected chi connectivity index (χ0v) is 13.9. The molecule has 0 aromatic heterocycles. The van der Waals surface area contributed by atoms with Gasteiger partial charge in [0.05, 0.1) is 0 Å². The van der Waals surface area contributed by atoms with Gasteiger partial charge in [0.25, 0.3) is 0 Å². The molecule has 0 bridgehead atoms. The van der Waals surface area contributed by atoms with E-state index in [9.17, 15) is 0 Å². The first-order chi connectivity index (χ1) is 9.06. The molecule has 0 saturated heterocycles. The van der Waals surface area contributed by atoms with Crippen LogP contribution in [0.1, 0.15) is 20.8 Å². The van der Waals surface area contributed by atoms with Crippen molar-refractivity contribution >= 4 is 30.9 Å². The van der Waals surface area contributed by atoms with Gasteiger partial charge in [0.1, 0.15) is 8.80 Å². The third-order valence-corrected chi connectivity index (χ3v) is 8.33. The van der Waals surface area contributed by atoms with Crippen molar-refractivity contribution in [1.82, 2.24) is 0 Å². The number of rotatable bonds is 4. The smallest absolute Gasteiger partial charge is 0.112 e. The summed E-state index contributed by atoms with van der Waals surface area (Å²) < 4.78 is 0.342. The summed E-state index contributed by atoms with van der Waals surface area (Å²) in [5.74, 6) is 0. The van der Waals surface area contributed by atoms with Crippen LogP contribution in [0, 0.1) is 0 Å². The Bertz CT molecular complexity index is 448. The lowest BCUT2D eigenvalue weighted by atomic mass is 10.3. The van der Waals surface area contributed by atoms with Crippen LogP contribution in [0.4, 0.5) is 0 Å². The SMILES string of the molecule is CC(C)(C)SC[SiH](c1ccccc1)c1ccccc1. The molecule has 0 nitrogen and oxygen atoms in total. The van der Waals surface area contributed by atoms with Gasteiger partial charge in [-0.05, 0) is 5.38 Å². The summed E-state index contributed by atoms with van der Waals surface area (Å²) >= 11 is 2.09. The average molecular weight is 287 g/mol. The van der Waals surface area contributed by atoms with Gasteiger partial charge >= 0.3 is 0 Å². The maximum absolute atomic E-state index is 2.30. The highest BCUT2D eigenvalue weighted by atomic mass is 32.2. The van der Waals surface area contributed by atoms with Gasteiger partial charge in [-0.1, -0.05) is 91.8 Å². The average Bonchev–Trinajstić information content (AvgIpc) is 2.40. The van der Waals surface area contributed by atoms with E-state index in [1.165, 1.54) is 5.38 Å². The molecule has 0 radical (unpaired) electrons. The van der Waals surface area contributed by atoms with E-state index in [4.69, 9.17) is 0 Å². The molecule has 0 atom stereocenters. The van der Waals surface area contributed by atoms with Crippen molar-refractivity contribution in [2.75, 3.05) is 5.38 Å². The van der Waals surface area contributed by atoms with E-state index in [1.807, 2.05) is 0 Å². The molecule has 2 aromatic rings. The van der Waals surface area contributed by atoms with Crippen LogP contribution in [0.2, 0.25) is 0 Å². The topological polar surface area (TPSA) is 0 Å². The molecule has 0 aliphatic carbocycles.